The molecule has 0 amide bonds. The Hall–Kier alpha value is -1.16. The molecule has 104 valence electrons. The van der Waals surface area contributed by atoms with Crippen LogP contribution >= 0.6 is 0 Å². The standard InChI is InChI=1S/C15H24N4/c1-2-19(11-12-4-3-5-12)15-10-17-14(9-18-15)8-16-13-6-7-13/h9-10,12-13,16H,2-8,11H2,1H3. The lowest BCUT2D eigenvalue weighted by molar-refractivity contribution is 0.318. The Bertz CT molecular complexity index is 395. The van der Waals surface area contributed by atoms with Crippen molar-refractivity contribution < 1.29 is 0 Å². The highest BCUT2D eigenvalue weighted by atomic mass is 15.2. The summed E-state index contributed by atoms with van der Waals surface area (Å²) >= 11 is 0. The Morgan fingerprint density at radius 2 is 2.05 bits per heavy atom. The van der Waals surface area contributed by atoms with Crippen molar-refractivity contribution in [1.29, 1.82) is 0 Å². The van der Waals surface area contributed by atoms with Gasteiger partial charge in [0.05, 0.1) is 18.1 Å². The topological polar surface area (TPSA) is 41.1 Å². The molecule has 0 radical (unpaired) electrons. The molecule has 1 aromatic rings. The van der Waals surface area contributed by atoms with E-state index in [0.717, 1.165) is 43.1 Å². The van der Waals surface area contributed by atoms with Gasteiger partial charge in [-0.25, -0.2) is 4.98 Å². The summed E-state index contributed by atoms with van der Waals surface area (Å²) in [5.74, 6) is 1.91. The van der Waals surface area contributed by atoms with Crippen LogP contribution in [0.1, 0.15) is 44.7 Å². The van der Waals surface area contributed by atoms with Gasteiger partial charge in [0.2, 0.25) is 0 Å². The molecule has 0 spiro atoms. The molecule has 1 N–H and O–H groups in total. The van der Waals surface area contributed by atoms with Crippen LogP contribution < -0.4 is 10.2 Å². The molecule has 1 heterocycles. The Labute approximate surface area is 115 Å². The van der Waals surface area contributed by atoms with Crippen LogP contribution in [0, 0.1) is 5.92 Å². The summed E-state index contributed by atoms with van der Waals surface area (Å²) in [5.41, 5.74) is 1.05. The summed E-state index contributed by atoms with van der Waals surface area (Å²) in [6, 6.07) is 0.729. The average Bonchev–Trinajstić information content (AvgIpc) is 3.20. The molecule has 0 aliphatic heterocycles. The molecule has 2 aliphatic carbocycles. The van der Waals surface area contributed by atoms with E-state index in [1.807, 2.05) is 12.4 Å². The van der Waals surface area contributed by atoms with Gasteiger partial charge in [0, 0.05) is 25.7 Å². The first kappa shape index (κ1) is 12.9. The molecule has 4 nitrogen and oxygen atoms in total. The zero-order valence-corrected chi connectivity index (χ0v) is 11.8. The van der Waals surface area contributed by atoms with Crippen molar-refractivity contribution in [3.63, 3.8) is 0 Å². The summed E-state index contributed by atoms with van der Waals surface area (Å²) in [5, 5.41) is 3.47. The van der Waals surface area contributed by atoms with Crippen LogP contribution in [0.2, 0.25) is 0 Å². The van der Waals surface area contributed by atoms with Gasteiger partial charge >= 0.3 is 0 Å². The number of aromatic nitrogens is 2. The smallest absolute Gasteiger partial charge is 0.147 e. The first-order chi connectivity index (χ1) is 9.35. The second-order valence-corrected chi connectivity index (χ2v) is 5.86. The second kappa shape index (κ2) is 5.87. The van der Waals surface area contributed by atoms with Crippen molar-refractivity contribution >= 4 is 5.82 Å². The van der Waals surface area contributed by atoms with Crippen molar-refractivity contribution in [2.45, 2.75) is 51.6 Å². The van der Waals surface area contributed by atoms with E-state index in [-0.39, 0.29) is 0 Å². The normalized spacial score (nSPS) is 19.2. The Morgan fingerprint density at radius 3 is 2.58 bits per heavy atom. The van der Waals surface area contributed by atoms with E-state index in [1.165, 1.54) is 32.1 Å². The number of nitrogens with zero attached hydrogens (tertiary/aromatic N) is 3. The van der Waals surface area contributed by atoms with Gasteiger partial charge < -0.3 is 10.2 Å². The van der Waals surface area contributed by atoms with Crippen LogP contribution in [-0.2, 0) is 6.54 Å². The number of hydrogen-bond acceptors (Lipinski definition) is 4. The molecule has 0 aromatic carbocycles. The summed E-state index contributed by atoms with van der Waals surface area (Å²) in [6.45, 7) is 5.21. The van der Waals surface area contributed by atoms with Crippen molar-refractivity contribution in [2.24, 2.45) is 5.92 Å². The van der Waals surface area contributed by atoms with Crippen molar-refractivity contribution in [2.75, 3.05) is 18.0 Å². The van der Waals surface area contributed by atoms with Gasteiger partial charge in [0.25, 0.3) is 0 Å². The maximum Gasteiger partial charge on any atom is 0.147 e. The summed E-state index contributed by atoms with van der Waals surface area (Å²) < 4.78 is 0. The van der Waals surface area contributed by atoms with Crippen LogP contribution in [0.25, 0.3) is 0 Å². The summed E-state index contributed by atoms with van der Waals surface area (Å²) in [6.07, 6.45) is 10.7. The molecule has 2 fully saturated rings. The molecule has 0 atom stereocenters. The predicted octanol–water partition coefficient (Wildman–Crippen LogP) is 2.36. The van der Waals surface area contributed by atoms with Gasteiger partial charge in [-0.2, -0.15) is 0 Å². The van der Waals surface area contributed by atoms with E-state index in [2.05, 4.69) is 27.1 Å². The van der Waals surface area contributed by atoms with E-state index in [0.29, 0.717) is 0 Å². The van der Waals surface area contributed by atoms with Gasteiger partial charge in [0.1, 0.15) is 5.82 Å². The maximum atomic E-state index is 4.58. The largest absolute Gasteiger partial charge is 0.355 e. The third-order valence-corrected chi connectivity index (χ3v) is 4.25. The van der Waals surface area contributed by atoms with Gasteiger partial charge in [-0.15, -0.1) is 0 Å². The Morgan fingerprint density at radius 1 is 1.21 bits per heavy atom. The van der Waals surface area contributed by atoms with E-state index in [1.54, 1.807) is 0 Å². The zero-order valence-electron chi connectivity index (χ0n) is 11.8. The van der Waals surface area contributed by atoms with E-state index in [4.69, 9.17) is 0 Å². The van der Waals surface area contributed by atoms with Gasteiger partial charge in [0.15, 0.2) is 0 Å². The SMILES string of the molecule is CCN(CC1CCC1)c1cnc(CNC2CC2)cn1. The predicted molar refractivity (Wildman–Crippen MR) is 77.1 cm³/mol. The van der Waals surface area contributed by atoms with E-state index in [9.17, 15) is 0 Å². The zero-order chi connectivity index (χ0) is 13.1. The first-order valence-corrected chi connectivity index (χ1v) is 7.64. The quantitative estimate of drug-likeness (QED) is 0.817. The number of hydrogen-bond donors (Lipinski definition) is 1. The fraction of sp³-hybridized carbons (Fsp3) is 0.733. The van der Waals surface area contributed by atoms with Gasteiger partial charge in [-0.3, -0.25) is 4.98 Å². The Kier molecular flexibility index (Phi) is 3.97. The highest BCUT2D eigenvalue weighted by Crippen LogP contribution is 2.28. The first-order valence-electron chi connectivity index (χ1n) is 7.64. The lowest BCUT2D eigenvalue weighted by Gasteiger charge is -2.32. The number of rotatable bonds is 7. The lowest BCUT2D eigenvalue weighted by atomic mass is 9.85. The van der Waals surface area contributed by atoms with Crippen molar-refractivity contribution in [3.8, 4) is 0 Å². The highest BCUT2D eigenvalue weighted by molar-refractivity contribution is 5.35. The molecule has 4 heteroatoms. The second-order valence-electron chi connectivity index (χ2n) is 5.86. The summed E-state index contributed by atoms with van der Waals surface area (Å²) in [7, 11) is 0. The highest BCUT2D eigenvalue weighted by Gasteiger charge is 2.21. The molecule has 19 heavy (non-hydrogen) atoms. The van der Waals surface area contributed by atoms with E-state index >= 15 is 0 Å². The maximum absolute atomic E-state index is 4.58. The van der Waals surface area contributed by atoms with E-state index < -0.39 is 0 Å². The summed E-state index contributed by atoms with van der Waals surface area (Å²) in [4.78, 5) is 11.5. The fourth-order valence-electron chi connectivity index (χ4n) is 2.51. The third kappa shape index (κ3) is 3.44. The van der Waals surface area contributed by atoms with Crippen LogP contribution in [-0.4, -0.2) is 29.1 Å². The van der Waals surface area contributed by atoms with Crippen LogP contribution in [0.3, 0.4) is 0 Å². The molecule has 0 saturated heterocycles. The van der Waals surface area contributed by atoms with Gasteiger partial charge in [-0.1, -0.05) is 6.42 Å². The number of nitrogens with one attached hydrogen (secondary N) is 1. The molecular formula is C15H24N4. The fourth-order valence-corrected chi connectivity index (χ4v) is 2.51. The monoisotopic (exact) mass is 260 g/mol. The molecular weight excluding hydrogens is 236 g/mol. The molecule has 2 saturated carbocycles. The Balaban J connectivity index is 1.55. The molecule has 3 rings (SSSR count). The van der Waals surface area contributed by atoms with Crippen molar-refractivity contribution in [3.05, 3.63) is 18.1 Å². The van der Waals surface area contributed by atoms with Crippen LogP contribution in [0.4, 0.5) is 5.82 Å². The van der Waals surface area contributed by atoms with Gasteiger partial charge in [-0.05, 0) is 38.5 Å². The molecule has 0 bridgehead atoms. The van der Waals surface area contributed by atoms with Crippen LogP contribution in [0.15, 0.2) is 12.4 Å². The van der Waals surface area contributed by atoms with Crippen molar-refractivity contribution in [1.82, 2.24) is 15.3 Å². The minimum Gasteiger partial charge on any atom is -0.355 e. The minimum atomic E-state index is 0.729. The lowest BCUT2D eigenvalue weighted by Crippen LogP contribution is -2.33. The van der Waals surface area contributed by atoms with Crippen LogP contribution in [0.5, 0.6) is 0 Å². The minimum absolute atomic E-state index is 0.729. The molecule has 1 aromatic heterocycles. The molecule has 0 unspecified atom stereocenters. The number of anilines is 1. The average molecular weight is 260 g/mol. The molecule has 2 aliphatic rings. The third-order valence-electron chi connectivity index (χ3n) is 4.25.